The zero-order valence-corrected chi connectivity index (χ0v) is 23.6. The minimum Gasteiger partial charge on any atom is -0.368 e. The van der Waals surface area contributed by atoms with E-state index in [4.69, 9.17) is 11.6 Å². The maximum Gasteiger partial charge on any atom is 0.267 e. The van der Waals surface area contributed by atoms with Gasteiger partial charge in [-0.3, -0.25) is 9.78 Å². The highest BCUT2D eigenvalue weighted by molar-refractivity contribution is 7.90. The zero-order chi connectivity index (χ0) is 26.5. The van der Waals surface area contributed by atoms with Crippen LogP contribution in [0.1, 0.15) is 77.6 Å². The Morgan fingerprint density at radius 1 is 0.919 bits per heavy atom. The SMILES string of the molecule is CCCCCCCCCCCCC(=O)NS(=O)(=O)c1cnccc1N1CCN(c2cccc(Cl)c2)CC1. The van der Waals surface area contributed by atoms with Gasteiger partial charge in [0.05, 0.1) is 5.69 Å². The zero-order valence-electron chi connectivity index (χ0n) is 22.0. The third-order valence-electron chi connectivity index (χ3n) is 6.85. The molecule has 0 saturated carbocycles. The Kier molecular flexibility index (Phi) is 12.0. The van der Waals surface area contributed by atoms with E-state index in [1.54, 1.807) is 12.3 Å². The minimum atomic E-state index is -4.01. The number of halogens is 1. The van der Waals surface area contributed by atoms with Crippen LogP contribution in [0.5, 0.6) is 0 Å². The molecule has 1 aliphatic rings. The molecule has 1 aliphatic heterocycles. The first-order valence-electron chi connectivity index (χ1n) is 13.7. The summed E-state index contributed by atoms with van der Waals surface area (Å²) in [5, 5.41) is 0.691. The number of nitrogens with zero attached hydrogens (tertiary/aromatic N) is 3. The Balaban J connectivity index is 1.45. The van der Waals surface area contributed by atoms with Crippen LogP contribution in [0.3, 0.4) is 0 Å². The number of carbonyl (C=O) groups excluding carboxylic acids is 1. The van der Waals surface area contributed by atoms with E-state index in [1.807, 2.05) is 29.2 Å². The fraction of sp³-hybridized carbons (Fsp3) is 0.571. The summed E-state index contributed by atoms with van der Waals surface area (Å²) in [6.07, 6.45) is 14.8. The van der Waals surface area contributed by atoms with Gasteiger partial charge in [-0.1, -0.05) is 82.4 Å². The van der Waals surface area contributed by atoms with Gasteiger partial charge in [0, 0.05) is 55.7 Å². The highest BCUT2D eigenvalue weighted by Gasteiger charge is 2.26. The lowest BCUT2D eigenvalue weighted by Crippen LogP contribution is -2.47. The van der Waals surface area contributed by atoms with Gasteiger partial charge in [-0.15, -0.1) is 0 Å². The largest absolute Gasteiger partial charge is 0.368 e. The van der Waals surface area contributed by atoms with E-state index in [0.717, 1.165) is 31.6 Å². The van der Waals surface area contributed by atoms with Crippen LogP contribution >= 0.6 is 11.6 Å². The average molecular weight is 549 g/mol. The molecule has 1 aromatic heterocycles. The molecular weight excluding hydrogens is 508 g/mol. The summed E-state index contributed by atoms with van der Waals surface area (Å²) in [5.74, 6) is -0.458. The first kappa shape index (κ1) is 29.2. The molecule has 204 valence electrons. The second-order valence-electron chi connectivity index (χ2n) is 9.76. The number of nitrogens with one attached hydrogen (secondary N) is 1. The molecular formula is C28H41ClN4O3S. The number of rotatable bonds is 15. The van der Waals surface area contributed by atoms with Gasteiger partial charge in [0.15, 0.2) is 0 Å². The lowest BCUT2D eigenvalue weighted by Gasteiger charge is -2.38. The molecule has 1 N–H and O–H groups in total. The first-order valence-corrected chi connectivity index (χ1v) is 15.5. The normalized spacial score (nSPS) is 14.1. The van der Waals surface area contributed by atoms with Crippen LogP contribution in [-0.4, -0.2) is 45.5 Å². The van der Waals surface area contributed by atoms with E-state index >= 15 is 0 Å². The number of pyridine rings is 1. The topological polar surface area (TPSA) is 82.6 Å². The van der Waals surface area contributed by atoms with Crippen LogP contribution in [0, 0.1) is 0 Å². The summed E-state index contributed by atoms with van der Waals surface area (Å²) in [6, 6.07) is 9.43. The van der Waals surface area contributed by atoms with Gasteiger partial charge in [-0.05, 0) is 30.7 Å². The third kappa shape index (κ3) is 9.49. The van der Waals surface area contributed by atoms with Crippen molar-refractivity contribution in [3.8, 4) is 0 Å². The molecule has 7 nitrogen and oxygen atoms in total. The van der Waals surface area contributed by atoms with Crippen LogP contribution in [-0.2, 0) is 14.8 Å². The summed E-state index contributed by atoms with van der Waals surface area (Å²) < 4.78 is 28.4. The van der Waals surface area contributed by atoms with Crippen LogP contribution in [0.15, 0.2) is 47.6 Å². The molecule has 2 heterocycles. The van der Waals surface area contributed by atoms with E-state index in [2.05, 4.69) is 21.5 Å². The molecule has 0 bridgehead atoms. The Bertz CT molecular complexity index is 1090. The number of anilines is 2. The van der Waals surface area contributed by atoms with Crippen LogP contribution < -0.4 is 14.5 Å². The highest BCUT2D eigenvalue weighted by atomic mass is 35.5. The highest BCUT2D eigenvalue weighted by Crippen LogP contribution is 2.27. The Morgan fingerprint density at radius 3 is 2.19 bits per heavy atom. The molecule has 0 atom stereocenters. The summed E-state index contributed by atoms with van der Waals surface area (Å²) >= 11 is 6.14. The number of benzene rings is 1. The van der Waals surface area contributed by atoms with Crippen molar-refractivity contribution in [3.63, 3.8) is 0 Å². The monoisotopic (exact) mass is 548 g/mol. The van der Waals surface area contributed by atoms with Gasteiger partial charge in [-0.2, -0.15) is 0 Å². The number of amides is 1. The molecule has 2 aromatic rings. The van der Waals surface area contributed by atoms with Crippen molar-refractivity contribution < 1.29 is 13.2 Å². The van der Waals surface area contributed by atoms with Gasteiger partial charge >= 0.3 is 0 Å². The van der Waals surface area contributed by atoms with E-state index in [0.29, 0.717) is 30.2 Å². The summed E-state index contributed by atoms with van der Waals surface area (Å²) in [5.41, 5.74) is 1.62. The molecule has 0 unspecified atom stereocenters. The number of sulfonamides is 1. The number of hydrogen-bond acceptors (Lipinski definition) is 6. The van der Waals surface area contributed by atoms with E-state index < -0.39 is 15.9 Å². The quantitative estimate of drug-likeness (QED) is 0.268. The van der Waals surface area contributed by atoms with Crippen LogP contribution in [0.25, 0.3) is 0 Å². The van der Waals surface area contributed by atoms with E-state index in [9.17, 15) is 13.2 Å². The van der Waals surface area contributed by atoms with Gasteiger partial charge in [0.25, 0.3) is 10.0 Å². The number of carbonyl (C=O) groups is 1. The molecule has 3 rings (SSSR count). The lowest BCUT2D eigenvalue weighted by molar-refractivity contribution is -0.119. The third-order valence-corrected chi connectivity index (χ3v) is 8.48. The number of hydrogen-bond donors (Lipinski definition) is 1. The standard InChI is InChI=1S/C28H41ClN4O3S/c1-2-3-4-5-6-7-8-9-10-11-15-28(34)31-37(35,36)27-23-30-17-16-26(27)33-20-18-32(19-21-33)25-14-12-13-24(29)22-25/h12-14,16-17,22-23H,2-11,15,18-21H2,1H3,(H,31,34). The number of aromatic nitrogens is 1. The van der Waals surface area contributed by atoms with Crippen molar-refractivity contribution in [2.75, 3.05) is 36.0 Å². The van der Waals surface area contributed by atoms with Gasteiger partial charge in [-0.25, -0.2) is 13.1 Å². The van der Waals surface area contributed by atoms with Crippen molar-refractivity contribution in [2.24, 2.45) is 0 Å². The van der Waals surface area contributed by atoms with Crippen molar-refractivity contribution in [3.05, 3.63) is 47.7 Å². The van der Waals surface area contributed by atoms with E-state index in [1.165, 1.54) is 51.1 Å². The Labute approximate surface area is 227 Å². The average Bonchev–Trinajstić information content (AvgIpc) is 2.89. The number of unbranched alkanes of at least 4 members (excludes halogenated alkanes) is 9. The Hall–Kier alpha value is -2.32. The smallest absolute Gasteiger partial charge is 0.267 e. The Morgan fingerprint density at radius 2 is 1.54 bits per heavy atom. The predicted molar refractivity (Wildman–Crippen MR) is 152 cm³/mol. The van der Waals surface area contributed by atoms with Crippen molar-refractivity contribution in [1.82, 2.24) is 9.71 Å². The fourth-order valence-corrected chi connectivity index (χ4v) is 6.12. The maximum atomic E-state index is 13.1. The molecule has 1 saturated heterocycles. The molecule has 1 fully saturated rings. The van der Waals surface area contributed by atoms with Crippen LogP contribution in [0.4, 0.5) is 11.4 Å². The molecule has 37 heavy (non-hydrogen) atoms. The second-order valence-corrected chi connectivity index (χ2v) is 11.8. The van der Waals surface area contributed by atoms with Crippen molar-refractivity contribution in [1.29, 1.82) is 0 Å². The summed E-state index contributed by atoms with van der Waals surface area (Å²) in [7, 11) is -4.01. The van der Waals surface area contributed by atoms with Crippen molar-refractivity contribution >= 4 is 38.9 Å². The maximum absolute atomic E-state index is 13.1. The second kappa shape index (κ2) is 15.2. The molecule has 0 aliphatic carbocycles. The predicted octanol–water partition coefficient (Wildman–Crippen LogP) is 6.18. The molecule has 0 spiro atoms. The molecule has 0 radical (unpaired) electrons. The first-order chi connectivity index (χ1) is 17.9. The van der Waals surface area contributed by atoms with Gasteiger partial charge < -0.3 is 9.80 Å². The van der Waals surface area contributed by atoms with Gasteiger partial charge in [0.1, 0.15) is 4.90 Å². The van der Waals surface area contributed by atoms with Gasteiger partial charge in [0.2, 0.25) is 5.91 Å². The minimum absolute atomic E-state index is 0.0441. The summed E-state index contributed by atoms with van der Waals surface area (Å²) in [4.78, 5) is 20.8. The fourth-order valence-electron chi connectivity index (χ4n) is 4.75. The molecule has 1 aromatic carbocycles. The lowest BCUT2D eigenvalue weighted by atomic mass is 10.1. The summed E-state index contributed by atoms with van der Waals surface area (Å²) in [6.45, 7) is 4.97. The van der Waals surface area contributed by atoms with Crippen molar-refractivity contribution in [2.45, 2.75) is 82.4 Å². The molecule has 1 amide bonds. The van der Waals surface area contributed by atoms with E-state index in [-0.39, 0.29) is 11.3 Å². The number of piperazine rings is 1. The molecule has 9 heteroatoms. The van der Waals surface area contributed by atoms with Crippen LogP contribution in [0.2, 0.25) is 5.02 Å².